The van der Waals surface area contributed by atoms with Crippen LogP contribution < -0.4 is 4.90 Å². The number of carbonyl (C=O) groups is 1. The molecular weight excluding hydrogens is 371 g/mol. The second-order valence-corrected chi connectivity index (χ2v) is 8.03. The first kappa shape index (κ1) is 18.8. The topological polar surface area (TPSA) is 52.2 Å². The number of thiophene rings is 1. The second-order valence-electron chi connectivity index (χ2n) is 6.14. The molecular formula is C18H20FN4OS2+. The van der Waals surface area contributed by atoms with E-state index in [0.717, 1.165) is 16.4 Å². The van der Waals surface area contributed by atoms with E-state index in [2.05, 4.69) is 17.1 Å². The summed E-state index contributed by atoms with van der Waals surface area (Å²) in [6.07, 6.45) is 0. The van der Waals surface area contributed by atoms with Gasteiger partial charge in [0.15, 0.2) is 16.8 Å². The molecule has 8 heteroatoms. The van der Waals surface area contributed by atoms with E-state index < -0.39 is 0 Å². The minimum absolute atomic E-state index is 0.0616. The molecule has 0 unspecified atom stereocenters. The highest BCUT2D eigenvalue weighted by Crippen LogP contribution is 2.25. The molecule has 5 nitrogen and oxygen atoms in total. The largest absolute Gasteiger partial charge is 0.331 e. The van der Waals surface area contributed by atoms with Gasteiger partial charge in [0.05, 0.1) is 24.7 Å². The molecule has 0 bridgehead atoms. The smallest absolute Gasteiger partial charge is 0.196 e. The van der Waals surface area contributed by atoms with E-state index in [1.165, 1.54) is 40.1 Å². The maximum Gasteiger partial charge on any atom is 0.196 e. The van der Waals surface area contributed by atoms with Crippen molar-refractivity contribution in [2.24, 2.45) is 0 Å². The average molecular weight is 392 g/mol. The molecule has 0 aliphatic carbocycles. The SMILES string of the molecule is C[C@H](c1nnc(SCC(=O)c2cccs2)n1-c1ccc(F)cc1)[NH+](C)C. The first-order valence-corrected chi connectivity index (χ1v) is 10.0. The van der Waals surface area contributed by atoms with Crippen LogP contribution in [0.4, 0.5) is 4.39 Å². The van der Waals surface area contributed by atoms with Crippen LogP contribution in [0.15, 0.2) is 46.9 Å². The van der Waals surface area contributed by atoms with Gasteiger partial charge < -0.3 is 4.90 Å². The fourth-order valence-electron chi connectivity index (χ4n) is 2.38. The van der Waals surface area contributed by atoms with Gasteiger partial charge in [0.1, 0.15) is 11.9 Å². The molecule has 3 aromatic rings. The number of hydrogen-bond donors (Lipinski definition) is 1. The summed E-state index contributed by atoms with van der Waals surface area (Å²) in [7, 11) is 4.09. The van der Waals surface area contributed by atoms with Gasteiger partial charge in [-0.3, -0.25) is 9.36 Å². The van der Waals surface area contributed by atoms with Gasteiger partial charge in [-0.15, -0.1) is 21.5 Å². The van der Waals surface area contributed by atoms with Gasteiger partial charge in [-0.25, -0.2) is 4.39 Å². The van der Waals surface area contributed by atoms with Crippen molar-refractivity contribution >= 4 is 28.9 Å². The number of nitrogens with one attached hydrogen (secondary N) is 1. The number of nitrogens with zero attached hydrogens (tertiary/aromatic N) is 3. The first-order chi connectivity index (χ1) is 12.5. The molecule has 0 aliphatic rings. The lowest BCUT2D eigenvalue weighted by atomic mass is 10.2. The quantitative estimate of drug-likeness (QED) is 0.497. The number of aromatic nitrogens is 3. The van der Waals surface area contributed by atoms with E-state index in [1.807, 2.05) is 36.2 Å². The number of rotatable bonds is 7. The van der Waals surface area contributed by atoms with Crippen LogP contribution in [0.1, 0.15) is 28.5 Å². The van der Waals surface area contributed by atoms with Crippen LogP contribution >= 0.6 is 23.1 Å². The van der Waals surface area contributed by atoms with Crippen molar-refractivity contribution in [2.75, 3.05) is 19.8 Å². The Morgan fingerprint density at radius 3 is 2.62 bits per heavy atom. The zero-order valence-corrected chi connectivity index (χ0v) is 16.4. The number of hydrogen-bond acceptors (Lipinski definition) is 5. The van der Waals surface area contributed by atoms with Crippen molar-refractivity contribution in [1.82, 2.24) is 14.8 Å². The van der Waals surface area contributed by atoms with E-state index in [9.17, 15) is 9.18 Å². The molecule has 0 spiro atoms. The van der Waals surface area contributed by atoms with Gasteiger partial charge in [0.2, 0.25) is 0 Å². The Kier molecular flexibility index (Phi) is 5.85. The number of carbonyl (C=O) groups excluding carboxylic acids is 1. The third-order valence-electron chi connectivity index (χ3n) is 4.12. The van der Waals surface area contributed by atoms with E-state index >= 15 is 0 Å². The molecule has 26 heavy (non-hydrogen) atoms. The highest BCUT2D eigenvalue weighted by atomic mass is 32.2. The molecule has 1 atom stereocenters. The van der Waals surface area contributed by atoms with Gasteiger partial charge >= 0.3 is 0 Å². The summed E-state index contributed by atoms with van der Waals surface area (Å²) in [5, 5.41) is 11.2. The van der Waals surface area contributed by atoms with Crippen molar-refractivity contribution in [2.45, 2.75) is 18.1 Å². The Balaban J connectivity index is 1.91. The molecule has 0 saturated heterocycles. The standard InChI is InChI=1S/C18H19FN4OS2/c1-12(22(2)3)17-20-21-18(23(17)14-8-6-13(19)7-9-14)26-11-15(24)16-5-4-10-25-16/h4-10,12H,11H2,1-3H3/p+1/t12-/m1/s1. The molecule has 0 fully saturated rings. The Morgan fingerprint density at radius 1 is 1.27 bits per heavy atom. The molecule has 136 valence electrons. The van der Waals surface area contributed by atoms with Gasteiger partial charge in [-0.05, 0) is 42.6 Å². The number of ketones is 1. The summed E-state index contributed by atoms with van der Waals surface area (Å²) in [6, 6.07) is 10.0. The molecule has 2 aromatic heterocycles. The zero-order valence-electron chi connectivity index (χ0n) is 14.8. The highest BCUT2D eigenvalue weighted by molar-refractivity contribution is 7.99. The van der Waals surface area contributed by atoms with Gasteiger partial charge in [-0.2, -0.15) is 0 Å². The van der Waals surface area contributed by atoms with Crippen LogP contribution in [0.25, 0.3) is 5.69 Å². The summed E-state index contributed by atoms with van der Waals surface area (Å²) in [5.41, 5.74) is 0.783. The van der Waals surface area contributed by atoms with Crippen LogP contribution in [0.3, 0.4) is 0 Å². The van der Waals surface area contributed by atoms with Crippen molar-refractivity contribution in [3.05, 3.63) is 58.3 Å². The monoisotopic (exact) mass is 391 g/mol. The third-order valence-corrected chi connectivity index (χ3v) is 5.96. The van der Waals surface area contributed by atoms with Crippen molar-refractivity contribution in [3.8, 4) is 5.69 Å². The number of thioether (sulfide) groups is 1. The Bertz CT molecular complexity index is 875. The van der Waals surface area contributed by atoms with E-state index in [4.69, 9.17) is 0 Å². The summed E-state index contributed by atoms with van der Waals surface area (Å²) >= 11 is 2.78. The normalized spacial score (nSPS) is 12.5. The lowest BCUT2D eigenvalue weighted by Gasteiger charge is -2.18. The molecule has 2 heterocycles. The van der Waals surface area contributed by atoms with E-state index in [-0.39, 0.29) is 23.4 Å². The lowest BCUT2D eigenvalue weighted by molar-refractivity contribution is -0.890. The second kappa shape index (κ2) is 8.11. The molecule has 0 radical (unpaired) electrons. The number of Topliss-reactive ketones (excluding diaryl/α,β-unsaturated/α-hetero) is 1. The first-order valence-electron chi connectivity index (χ1n) is 8.18. The molecule has 1 aromatic carbocycles. The molecule has 0 aliphatic heterocycles. The summed E-state index contributed by atoms with van der Waals surface area (Å²) in [5.74, 6) is 0.828. The predicted octanol–water partition coefficient (Wildman–Crippen LogP) is 2.65. The lowest BCUT2D eigenvalue weighted by Crippen LogP contribution is -3.05. The fourth-order valence-corrected chi connectivity index (χ4v) is 3.98. The number of quaternary nitrogens is 1. The Labute approximate surface area is 159 Å². The summed E-state index contributed by atoms with van der Waals surface area (Å²) < 4.78 is 15.2. The van der Waals surface area contributed by atoms with Gasteiger partial charge in [0.25, 0.3) is 0 Å². The van der Waals surface area contributed by atoms with Crippen molar-refractivity contribution in [1.29, 1.82) is 0 Å². The average Bonchev–Trinajstić information content (AvgIpc) is 3.29. The maximum atomic E-state index is 13.3. The van der Waals surface area contributed by atoms with E-state index in [1.54, 1.807) is 12.1 Å². The van der Waals surface area contributed by atoms with Crippen LogP contribution in [0.5, 0.6) is 0 Å². The summed E-state index contributed by atoms with van der Waals surface area (Å²) in [6.45, 7) is 2.06. The summed E-state index contributed by atoms with van der Waals surface area (Å²) in [4.78, 5) is 14.2. The Hall–Kier alpha value is -2.03. The molecule has 0 amide bonds. The van der Waals surface area contributed by atoms with Gasteiger partial charge in [-0.1, -0.05) is 17.8 Å². The van der Waals surface area contributed by atoms with Crippen molar-refractivity contribution < 1.29 is 14.1 Å². The van der Waals surface area contributed by atoms with Crippen LogP contribution in [-0.4, -0.2) is 40.4 Å². The highest BCUT2D eigenvalue weighted by Gasteiger charge is 2.24. The minimum atomic E-state index is -0.295. The molecule has 0 saturated carbocycles. The van der Waals surface area contributed by atoms with Crippen LogP contribution in [-0.2, 0) is 0 Å². The minimum Gasteiger partial charge on any atom is -0.331 e. The van der Waals surface area contributed by atoms with Gasteiger partial charge in [0, 0.05) is 5.69 Å². The number of benzene rings is 1. The zero-order chi connectivity index (χ0) is 18.7. The fraction of sp³-hybridized carbons (Fsp3) is 0.278. The van der Waals surface area contributed by atoms with E-state index in [0.29, 0.717) is 5.16 Å². The van der Waals surface area contributed by atoms with Crippen LogP contribution in [0, 0.1) is 5.82 Å². The maximum absolute atomic E-state index is 13.3. The number of halogens is 1. The molecule has 3 rings (SSSR count). The molecule has 1 N–H and O–H groups in total. The third kappa shape index (κ3) is 4.03. The van der Waals surface area contributed by atoms with Crippen molar-refractivity contribution in [3.63, 3.8) is 0 Å². The van der Waals surface area contributed by atoms with Crippen LogP contribution in [0.2, 0.25) is 0 Å². The Morgan fingerprint density at radius 2 is 2.00 bits per heavy atom. The predicted molar refractivity (Wildman–Crippen MR) is 102 cm³/mol.